The summed E-state index contributed by atoms with van der Waals surface area (Å²) in [6.45, 7) is 1.25. The fourth-order valence-electron chi connectivity index (χ4n) is 3.83. The van der Waals surface area contributed by atoms with E-state index in [0.717, 1.165) is 26.8 Å². The number of nitrogens with zero attached hydrogens (tertiary/aromatic N) is 1. The molecule has 0 aliphatic heterocycles. The van der Waals surface area contributed by atoms with Gasteiger partial charge < -0.3 is 4.74 Å². The highest BCUT2D eigenvalue weighted by Gasteiger charge is 2.48. The van der Waals surface area contributed by atoms with Gasteiger partial charge in [0.05, 0.1) is 6.61 Å². The van der Waals surface area contributed by atoms with Gasteiger partial charge in [-0.1, -0.05) is 96.7 Å². The predicted molar refractivity (Wildman–Crippen MR) is 132 cm³/mol. The van der Waals surface area contributed by atoms with Crippen molar-refractivity contribution in [3.05, 3.63) is 113 Å². The second kappa shape index (κ2) is 9.88. The van der Waals surface area contributed by atoms with Gasteiger partial charge in [-0.15, -0.1) is 0 Å². The van der Waals surface area contributed by atoms with E-state index in [9.17, 15) is 14.9 Å². The maximum absolute atomic E-state index is 13.3. The van der Waals surface area contributed by atoms with Gasteiger partial charge in [0, 0.05) is 9.82 Å². The molecule has 1 unspecified atom stereocenters. The Balaban J connectivity index is 1.80. The highest BCUT2D eigenvalue weighted by molar-refractivity contribution is 8.01. The molecular weight excluding hydrogens is 434 g/mol. The number of esters is 1. The summed E-state index contributed by atoms with van der Waals surface area (Å²) in [5.41, 5.74) is 2.53. The van der Waals surface area contributed by atoms with Crippen molar-refractivity contribution in [1.29, 1.82) is 0 Å². The lowest BCUT2D eigenvalue weighted by Crippen LogP contribution is -2.40. The molecule has 0 radical (unpaired) electrons. The Morgan fingerprint density at radius 1 is 0.879 bits per heavy atom. The first-order valence-corrected chi connectivity index (χ1v) is 11.5. The van der Waals surface area contributed by atoms with E-state index in [0.29, 0.717) is 5.56 Å². The summed E-state index contributed by atoms with van der Waals surface area (Å²) < 4.78 is 3.86. The van der Waals surface area contributed by atoms with E-state index in [1.165, 1.54) is 11.8 Å². The van der Waals surface area contributed by atoms with Gasteiger partial charge in [0.2, 0.25) is 11.3 Å². The molecule has 4 aromatic carbocycles. The summed E-state index contributed by atoms with van der Waals surface area (Å²) in [7, 11) is 0. The zero-order chi connectivity index (χ0) is 23.3. The molecule has 0 amide bonds. The number of rotatable bonds is 8. The molecule has 0 bridgehead atoms. The maximum atomic E-state index is 13.3. The average Bonchev–Trinajstić information content (AvgIpc) is 2.84. The molecule has 4 aromatic rings. The summed E-state index contributed by atoms with van der Waals surface area (Å²) in [4.78, 5) is 25.4. The van der Waals surface area contributed by atoms with Gasteiger partial charge in [0.25, 0.3) is 0 Å². The van der Waals surface area contributed by atoms with Crippen molar-refractivity contribution in [2.75, 3.05) is 13.2 Å². The third kappa shape index (κ3) is 4.91. The van der Waals surface area contributed by atoms with Crippen LogP contribution in [0.15, 0.2) is 102 Å². The zero-order valence-corrected chi connectivity index (χ0v) is 19.0. The van der Waals surface area contributed by atoms with E-state index in [4.69, 9.17) is 4.74 Å². The van der Waals surface area contributed by atoms with Crippen LogP contribution in [-0.4, -0.2) is 24.0 Å². The topological polar surface area (TPSA) is 69.4 Å². The summed E-state index contributed by atoms with van der Waals surface area (Å²) in [6.07, 6.45) is 0. The molecule has 6 heteroatoms. The van der Waals surface area contributed by atoms with Crippen molar-refractivity contribution < 1.29 is 14.5 Å². The minimum absolute atomic E-state index is 0.138. The third-order valence-electron chi connectivity index (χ3n) is 5.43. The Bertz CT molecular complexity index is 1270. The summed E-state index contributed by atoms with van der Waals surface area (Å²) in [5.74, 6) is -0.618. The molecule has 0 saturated carbocycles. The molecule has 0 saturated heterocycles. The van der Waals surface area contributed by atoms with Crippen LogP contribution in [-0.2, 0) is 14.3 Å². The van der Waals surface area contributed by atoms with Crippen LogP contribution in [0, 0.1) is 10.1 Å². The average molecular weight is 458 g/mol. The van der Waals surface area contributed by atoms with E-state index >= 15 is 0 Å². The number of carbonyl (C=O) groups excluding carboxylic acids is 1. The van der Waals surface area contributed by atoms with E-state index in [2.05, 4.69) is 0 Å². The molecule has 4 rings (SSSR count). The normalized spacial score (nSPS) is 12.8. The van der Waals surface area contributed by atoms with Crippen LogP contribution in [0.4, 0.5) is 0 Å². The van der Waals surface area contributed by atoms with Crippen LogP contribution >= 0.6 is 11.8 Å². The van der Waals surface area contributed by atoms with Gasteiger partial charge in [-0.25, -0.2) is 4.79 Å². The van der Waals surface area contributed by atoms with Crippen LogP contribution in [0.3, 0.4) is 0 Å². The summed E-state index contributed by atoms with van der Waals surface area (Å²) in [6, 6.07) is 30.9. The van der Waals surface area contributed by atoms with Crippen LogP contribution in [0.5, 0.6) is 0 Å². The molecule has 0 aliphatic rings. The lowest BCUT2D eigenvalue weighted by Gasteiger charge is -2.28. The van der Waals surface area contributed by atoms with Gasteiger partial charge in [-0.2, -0.15) is 0 Å². The van der Waals surface area contributed by atoms with E-state index in [1.807, 2.05) is 84.9 Å². The number of ether oxygens (including phenoxy) is 1. The van der Waals surface area contributed by atoms with Gasteiger partial charge in [-0.3, -0.25) is 10.1 Å². The van der Waals surface area contributed by atoms with E-state index < -0.39 is 22.2 Å². The van der Waals surface area contributed by atoms with Crippen molar-refractivity contribution >= 4 is 28.5 Å². The van der Waals surface area contributed by atoms with Crippen molar-refractivity contribution in [2.45, 2.75) is 16.6 Å². The quantitative estimate of drug-likeness (QED) is 0.134. The first kappa shape index (κ1) is 22.6. The van der Waals surface area contributed by atoms with Gasteiger partial charge in [0.1, 0.15) is 0 Å². The van der Waals surface area contributed by atoms with Crippen molar-refractivity contribution in [3.63, 3.8) is 0 Å². The smallest absolute Gasteiger partial charge is 0.334 e. The molecule has 0 aromatic heterocycles. The van der Waals surface area contributed by atoms with Crippen molar-refractivity contribution in [2.24, 2.45) is 0 Å². The molecule has 0 fully saturated rings. The molecule has 0 heterocycles. The fourth-order valence-corrected chi connectivity index (χ4v) is 5.12. The Kier molecular flexibility index (Phi) is 6.75. The molecule has 0 aliphatic carbocycles. The first-order chi connectivity index (χ1) is 16.0. The maximum Gasteiger partial charge on any atom is 0.334 e. The Hall–Kier alpha value is -3.64. The minimum Gasteiger partial charge on any atom is -0.464 e. The second-order valence-electron chi connectivity index (χ2n) is 7.59. The van der Waals surface area contributed by atoms with Gasteiger partial charge in [0.15, 0.2) is 0 Å². The van der Waals surface area contributed by atoms with Crippen LogP contribution in [0.25, 0.3) is 21.9 Å². The Labute approximate surface area is 196 Å². The minimum atomic E-state index is -1.52. The lowest BCUT2D eigenvalue weighted by atomic mass is 9.95. The third-order valence-corrected chi connectivity index (χ3v) is 6.80. The zero-order valence-electron chi connectivity index (χ0n) is 18.1. The summed E-state index contributed by atoms with van der Waals surface area (Å²) in [5, 5.41) is 13.8. The number of fused-ring (bicyclic) bond motifs is 1. The predicted octanol–water partition coefficient (Wildman–Crippen LogP) is 6.33. The molecule has 166 valence electrons. The number of hydrogen-bond acceptors (Lipinski definition) is 5. The number of nitro groups is 1. The first-order valence-electron chi connectivity index (χ1n) is 10.6. The van der Waals surface area contributed by atoms with Crippen molar-refractivity contribution in [3.8, 4) is 11.1 Å². The molecule has 33 heavy (non-hydrogen) atoms. The van der Waals surface area contributed by atoms with Crippen LogP contribution in [0.1, 0.15) is 12.5 Å². The largest absolute Gasteiger partial charge is 0.464 e. The number of thioether (sulfide) groups is 1. The van der Waals surface area contributed by atoms with Gasteiger partial charge >= 0.3 is 5.97 Å². The number of benzene rings is 4. The molecule has 5 nitrogen and oxygen atoms in total. The van der Waals surface area contributed by atoms with Crippen LogP contribution < -0.4 is 0 Å². The molecule has 0 spiro atoms. The van der Waals surface area contributed by atoms with Crippen LogP contribution in [0.2, 0.25) is 0 Å². The number of carbonyl (C=O) groups is 1. The monoisotopic (exact) mass is 457 g/mol. The van der Waals surface area contributed by atoms with Gasteiger partial charge in [-0.05, 0) is 46.5 Å². The Morgan fingerprint density at radius 2 is 1.52 bits per heavy atom. The fraction of sp³-hybridized carbons (Fsp3) is 0.148. The van der Waals surface area contributed by atoms with E-state index in [1.54, 1.807) is 19.1 Å². The lowest BCUT2D eigenvalue weighted by molar-refractivity contribution is -0.484. The summed E-state index contributed by atoms with van der Waals surface area (Å²) >= 11 is 1.17. The van der Waals surface area contributed by atoms with E-state index in [-0.39, 0.29) is 6.61 Å². The molecule has 1 atom stereocenters. The highest BCUT2D eigenvalue weighted by Crippen LogP contribution is 2.44. The highest BCUT2D eigenvalue weighted by atomic mass is 32.2. The standard InChI is InChI=1S/C27H23NO4S/c1-2-32-26(29)27(19-28(30)31,33-25-17-14-21-10-6-7-11-23(21)18-25)24-15-12-22(13-16-24)20-8-4-3-5-9-20/h3-18H,2,19H2,1H3. The molecule has 0 N–H and O–H groups in total. The van der Waals surface area contributed by atoms with Crippen molar-refractivity contribution in [1.82, 2.24) is 0 Å². The second-order valence-corrected chi connectivity index (χ2v) is 8.97. The molecular formula is C27H23NO4S. The number of hydrogen-bond donors (Lipinski definition) is 0. The SMILES string of the molecule is CCOC(=O)C(C[N+](=O)[O-])(Sc1ccc2ccccc2c1)c1ccc(-c2ccccc2)cc1. The Morgan fingerprint density at radius 3 is 2.18 bits per heavy atom.